The van der Waals surface area contributed by atoms with Crippen LogP contribution in [0, 0.1) is 11.9 Å². The van der Waals surface area contributed by atoms with E-state index in [2.05, 4.69) is 6.07 Å². The van der Waals surface area contributed by atoms with E-state index in [-0.39, 0.29) is 11.7 Å². The third-order valence-electron chi connectivity index (χ3n) is 3.10. The van der Waals surface area contributed by atoms with Gasteiger partial charge in [0.25, 0.3) is 0 Å². The first-order valence-corrected chi connectivity index (χ1v) is 5.18. The number of benzene rings is 1. The van der Waals surface area contributed by atoms with Gasteiger partial charge in [-0.25, -0.2) is 4.39 Å². The molecule has 1 aliphatic heterocycles. The summed E-state index contributed by atoms with van der Waals surface area (Å²) in [7, 11) is 1.78. The fourth-order valence-corrected chi connectivity index (χ4v) is 2.24. The monoisotopic (exact) mass is 222 g/mol. The van der Waals surface area contributed by atoms with Crippen LogP contribution < -0.4 is 0 Å². The third kappa shape index (κ3) is 2.07. The molecule has 16 heavy (non-hydrogen) atoms. The number of likely N-dealkylation sites (N-methyl/N-ethyl adjacent to an activating group) is 1. The van der Waals surface area contributed by atoms with Gasteiger partial charge in [-0.1, -0.05) is 12.1 Å². The lowest BCUT2D eigenvalue weighted by atomic mass is 9.96. The number of carboxylic acid groups (broad SMARTS) is 1. The summed E-state index contributed by atoms with van der Waals surface area (Å²) < 4.78 is 13.0. The fourth-order valence-electron chi connectivity index (χ4n) is 2.24. The Morgan fingerprint density at radius 2 is 2.44 bits per heavy atom. The van der Waals surface area contributed by atoms with Gasteiger partial charge in [-0.2, -0.15) is 0 Å². The Balaban J connectivity index is 2.16. The highest BCUT2D eigenvalue weighted by Crippen LogP contribution is 2.30. The fraction of sp³-hybridized carbons (Fsp3) is 0.417. The zero-order chi connectivity index (χ0) is 11.7. The molecule has 0 saturated carbocycles. The van der Waals surface area contributed by atoms with Gasteiger partial charge in [-0.05, 0) is 31.0 Å². The Kier molecular flexibility index (Phi) is 2.92. The lowest BCUT2D eigenvalue weighted by molar-refractivity contribution is -0.141. The smallest absolute Gasteiger partial charge is 0.320 e. The van der Waals surface area contributed by atoms with Crippen molar-refractivity contribution in [3.63, 3.8) is 0 Å². The van der Waals surface area contributed by atoms with Crippen LogP contribution in [0.15, 0.2) is 18.2 Å². The van der Waals surface area contributed by atoms with Crippen LogP contribution in [-0.4, -0.2) is 35.6 Å². The number of rotatable bonds is 2. The van der Waals surface area contributed by atoms with E-state index in [1.807, 2.05) is 0 Å². The maximum absolute atomic E-state index is 13.0. The molecular weight excluding hydrogens is 209 g/mol. The average molecular weight is 222 g/mol. The molecule has 0 aliphatic carbocycles. The molecule has 0 bridgehead atoms. The second kappa shape index (κ2) is 4.22. The van der Waals surface area contributed by atoms with Gasteiger partial charge in [0, 0.05) is 12.6 Å². The van der Waals surface area contributed by atoms with Gasteiger partial charge in [0.05, 0.1) is 0 Å². The maximum atomic E-state index is 13.0. The lowest BCUT2D eigenvalue weighted by Crippen LogP contribution is -2.32. The molecule has 0 amide bonds. The van der Waals surface area contributed by atoms with Crippen molar-refractivity contribution in [3.05, 3.63) is 35.6 Å². The highest BCUT2D eigenvalue weighted by molar-refractivity contribution is 5.74. The summed E-state index contributed by atoms with van der Waals surface area (Å²) in [6.07, 6.45) is 0.537. The van der Waals surface area contributed by atoms with E-state index in [9.17, 15) is 9.18 Å². The van der Waals surface area contributed by atoms with Crippen LogP contribution >= 0.6 is 0 Å². The standard InChI is InChI=1S/C12H13FNO2/c1-14-7-9(6-11(14)12(15)16)8-3-2-4-10(13)5-8/h2-3,5,9,11H,6-7H2,1H3,(H,15,16)/t9-,11-/m0/s1. The van der Waals surface area contributed by atoms with E-state index in [0.717, 1.165) is 5.56 Å². The number of likely N-dealkylation sites (tertiary alicyclic amines) is 1. The van der Waals surface area contributed by atoms with Gasteiger partial charge in [-0.3, -0.25) is 9.69 Å². The first kappa shape index (κ1) is 11.1. The van der Waals surface area contributed by atoms with Crippen molar-refractivity contribution in [1.82, 2.24) is 4.90 Å². The maximum Gasteiger partial charge on any atom is 0.320 e. The summed E-state index contributed by atoms with van der Waals surface area (Å²) in [6.45, 7) is 0.653. The first-order valence-electron chi connectivity index (χ1n) is 5.18. The van der Waals surface area contributed by atoms with Crippen LogP contribution in [0.2, 0.25) is 0 Å². The Morgan fingerprint density at radius 1 is 1.69 bits per heavy atom. The summed E-state index contributed by atoms with van der Waals surface area (Å²) in [6, 6.07) is 6.75. The molecule has 4 heteroatoms. The van der Waals surface area contributed by atoms with Gasteiger partial charge in [-0.15, -0.1) is 0 Å². The van der Waals surface area contributed by atoms with Gasteiger partial charge in [0.15, 0.2) is 0 Å². The number of nitrogens with zero attached hydrogens (tertiary/aromatic N) is 1. The van der Waals surface area contributed by atoms with Crippen LogP contribution in [0.25, 0.3) is 0 Å². The topological polar surface area (TPSA) is 40.5 Å². The second-order valence-electron chi connectivity index (χ2n) is 4.20. The van der Waals surface area contributed by atoms with Gasteiger partial charge in [0.2, 0.25) is 0 Å². The van der Waals surface area contributed by atoms with Crippen molar-refractivity contribution in [2.45, 2.75) is 18.4 Å². The molecule has 1 heterocycles. The molecule has 3 nitrogen and oxygen atoms in total. The Bertz CT molecular complexity index is 408. The van der Waals surface area contributed by atoms with Crippen molar-refractivity contribution in [3.8, 4) is 0 Å². The molecule has 0 unspecified atom stereocenters. The van der Waals surface area contributed by atoms with E-state index in [0.29, 0.717) is 13.0 Å². The molecule has 2 atom stereocenters. The summed E-state index contributed by atoms with van der Waals surface area (Å²) in [5, 5.41) is 8.98. The predicted molar refractivity (Wildman–Crippen MR) is 56.6 cm³/mol. The number of hydrogen-bond acceptors (Lipinski definition) is 2. The zero-order valence-corrected chi connectivity index (χ0v) is 8.98. The minimum atomic E-state index is -0.812. The van der Waals surface area contributed by atoms with Crippen molar-refractivity contribution in [2.24, 2.45) is 0 Å². The summed E-state index contributed by atoms with van der Waals surface area (Å²) in [4.78, 5) is 12.7. The second-order valence-corrected chi connectivity index (χ2v) is 4.20. The minimum Gasteiger partial charge on any atom is -0.480 e. The molecular formula is C12H13FNO2. The quantitative estimate of drug-likeness (QED) is 0.824. The molecule has 1 radical (unpaired) electrons. The number of carboxylic acids is 1. The largest absolute Gasteiger partial charge is 0.480 e. The summed E-state index contributed by atoms with van der Waals surface area (Å²) in [5.74, 6) is -1.11. The highest BCUT2D eigenvalue weighted by atomic mass is 19.1. The van der Waals surface area contributed by atoms with E-state index in [1.165, 1.54) is 6.07 Å². The SMILES string of the molecule is CN1C[C@@H](c2cc[c]c(F)c2)C[C@H]1C(=O)O. The van der Waals surface area contributed by atoms with Crippen molar-refractivity contribution >= 4 is 5.97 Å². The van der Waals surface area contributed by atoms with Crippen LogP contribution in [0.3, 0.4) is 0 Å². The van der Waals surface area contributed by atoms with Gasteiger partial charge >= 0.3 is 5.97 Å². The average Bonchev–Trinajstić information content (AvgIpc) is 2.60. The number of halogens is 1. The first-order chi connectivity index (χ1) is 7.58. The molecule has 2 rings (SSSR count). The van der Waals surface area contributed by atoms with E-state index >= 15 is 0 Å². The molecule has 1 N–H and O–H groups in total. The third-order valence-corrected chi connectivity index (χ3v) is 3.10. The van der Waals surface area contributed by atoms with E-state index in [4.69, 9.17) is 5.11 Å². The van der Waals surface area contributed by atoms with Crippen molar-refractivity contribution < 1.29 is 14.3 Å². The Labute approximate surface area is 93.5 Å². The normalized spacial score (nSPS) is 25.9. The highest BCUT2D eigenvalue weighted by Gasteiger charge is 2.34. The Morgan fingerprint density at radius 3 is 3.00 bits per heavy atom. The molecule has 1 fully saturated rings. The van der Waals surface area contributed by atoms with E-state index < -0.39 is 12.0 Å². The van der Waals surface area contributed by atoms with Crippen LogP contribution in [0.1, 0.15) is 17.9 Å². The lowest BCUT2D eigenvalue weighted by Gasteiger charge is -2.13. The molecule has 0 aromatic heterocycles. The van der Waals surface area contributed by atoms with Gasteiger partial charge < -0.3 is 5.11 Å². The minimum absolute atomic E-state index is 0.0928. The van der Waals surface area contributed by atoms with Crippen molar-refractivity contribution in [2.75, 3.05) is 13.6 Å². The Hall–Kier alpha value is -1.42. The zero-order valence-electron chi connectivity index (χ0n) is 8.98. The number of carbonyl (C=O) groups is 1. The van der Waals surface area contributed by atoms with Gasteiger partial charge in [0.1, 0.15) is 11.9 Å². The molecule has 1 aliphatic rings. The molecule has 1 saturated heterocycles. The van der Waals surface area contributed by atoms with Crippen LogP contribution in [0.5, 0.6) is 0 Å². The summed E-state index contributed by atoms with van der Waals surface area (Å²) >= 11 is 0. The molecule has 1 aromatic carbocycles. The number of hydrogen-bond donors (Lipinski definition) is 1. The predicted octanol–water partition coefficient (Wildman–Crippen LogP) is 1.50. The summed E-state index contributed by atoms with van der Waals surface area (Å²) in [5.41, 5.74) is 0.854. The molecule has 1 aromatic rings. The molecule has 0 spiro atoms. The molecule has 85 valence electrons. The number of aliphatic carboxylic acids is 1. The van der Waals surface area contributed by atoms with E-state index in [1.54, 1.807) is 24.1 Å². The van der Waals surface area contributed by atoms with Crippen molar-refractivity contribution in [1.29, 1.82) is 0 Å². The van der Waals surface area contributed by atoms with Crippen LogP contribution in [-0.2, 0) is 4.79 Å². The van der Waals surface area contributed by atoms with Crippen LogP contribution in [0.4, 0.5) is 4.39 Å².